The first-order valence-corrected chi connectivity index (χ1v) is 9.90. The maximum Gasteiger partial charge on any atom is 0.271 e. The molecule has 4 rings (SSSR count). The van der Waals surface area contributed by atoms with Crippen LogP contribution in [0.5, 0.6) is 0 Å². The molecule has 2 aromatic rings. The molecule has 2 aliphatic rings. The Balaban J connectivity index is 1.79. The SMILES string of the molecule is OC1(c2ccc(Cl)cc2)CN(c2ccc(Br)cc2)C2=[N+]1CCCCC2. The summed E-state index contributed by atoms with van der Waals surface area (Å²) in [5.74, 6) is 1.22. The zero-order valence-corrected chi connectivity index (χ0v) is 16.3. The van der Waals surface area contributed by atoms with Crippen LogP contribution in [0.1, 0.15) is 31.2 Å². The molecule has 1 N–H and O–H groups in total. The lowest BCUT2D eigenvalue weighted by atomic mass is 10.0. The summed E-state index contributed by atoms with van der Waals surface area (Å²) in [4.78, 5) is 2.27. The van der Waals surface area contributed by atoms with Crippen LogP contribution in [0.2, 0.25) is 5.02 Å². The summed E-state index contributed by atoms with van der Waals surface area (Å²) in [6, 6.07) is 15.9. The van der Waals surface area contributed by atoms with Gasteiger partial charge in [-0.25, -0.2) is 9.48 Å². The van der Waals surface area contributed by atoms with Gasteiger partial charge in [0, 0.05) is 21.5 Å². The average Bonchev–Trinajstić information content (AvgIpc) is 2.78. The lowest BCUT2D eigenvalue weighted by molar-refractivity contribution is -0.658. The highest BCUT2D eigenvalue weighted by Gasteiger charge is 2.51. The van der Waals surface area contributed by atoms with Gasteiger partial charge >= 0.3 is 0 Å². The molecule has 0 saturated carbocycles. The molecule has 0 aromatic heterocycles. The number of halogens is 2. The first-order valence-electron chi connectivity index (χ1n) is 8.73. The van der Waals surface area contributed by atoms with E-state index in [1.807, 2.05) is 24.3 Å². The molecule has 0 aliphatic carbocycles. The van der Waals surface area contributed by atoms with Crippen molar-refractivity contribution < 1.29 is 9.68 Å². The molecule has 2 aromatic carbocycles. The lowest BCUT2D eigenvalue weighted by Gasteiger charge is -2.23. The van der Waals surface area contributed by atoms with Gasteiger partial charge in [0.1, 0.15) is 5.69 Å². The Labute approximate surface area is 161 Å². The molecule has 0 radical (unpaired) electrons. The van der Waals surface area contributed by atoms with Crippen LogP contribution < -0.4 is 4.90 Å². The average molecular weight is 421 g/mol. The van der Waals surface area contributed by atoms with Crippen molar-refractivity contribution in [2.45, 2.75) is 31.4 Å². The second-order valence-corrected chi connectivity index (χ2v) is 8.12. The highest BCUT2D eigenvalue weighted by atomic mass is 79.9. The van der Waals surface area contributed by atoms with Gasteiger partial charge < -0.3 is 5.11 Å². The van der Waals surface area contributed by atoms with Crippen molar-refractivity contribution in [3.05, 3.63) is 63.6 Å². The molecule has 0 fully saturated rings. The number of nitrogens with zero attached hydrogens (tertiary/aromatic N) is 2. The monoisotopic (exact) mass is 419 g/mol. The Kier molecular flexibility index (Phi) is 4.61. The first kappa shape index (κ1) is 17.1. The van der Waals surface area contributed by atoms with Crippen LogP contribution in [-0.2, 0) is 5.72 Å². The van der Waals surface area contributed by atoms with Gasteiger partial charge in [0.05, 0.1) is 6.54 Å². The van der Waals surface area contributed by atoms with Gasteiger partial charge in [-0.2, -0.15) is 0 Å². The zero-order valence-electron chi connectivity index (χ0n) is 14.0. The van der Waals surface area contributed by atoms with Gasteiger partial charge in [0.2, 0.25) is 0 Å². The number of benzene rings is 2. The minimum atomic E-state index is -1.02. The third-order valence-corrected chi connectivity index (χ3v) is 5.96. The predicted molar refractivity (Wildman–Crippen MR) is 105 cm³/mol. The van der Waals surface area contributed by atoms with Crippen molar-refractivity contribution in [2.24, 2.45) is 0 Å². The molecule has 0 spiro atoms. The third-order valence-electron chi connectivity index (χ3n) is 5.18. The van der Waals surface area contributed by atoms with Gasteiger partial charge in [-0.3, -0.25) is 0 Å². The van der Waals surface area contributed by atoms with E-state index in [1.54, 1.807) is 0 Å². The summed E-state index contributed by atoms with van der Waals surface area (Å²) in [6.45, 7) is 1.41. The maximum absolute atomic E-state index is 11.7. The van der Waals surface area contributed by atoms with Crippen molar-refractivity contribution in [1.82, 2.24) is 0 Å². The van der Waals surface area contributed by atoms with E-state index in [0.717, 1.165) is 41.5 Å². The Morgan fingerprint density at radius 2 is 1.72 bits per heavy atom. The van der Waals surface area contributed by atoms with Crippen LogP contribution in [-0.4, -0.2) is 28.6 Å². The number of hydrogen-bond donors (Lipinski definition) is 1. The minimum Gasteiger partial charge on any atom is -0.346 e. The lowest BCUT2D eigenvalue weighted by Crippen LogP contribution is -2.41. The molecule has 0 amide bonds. The predicted octanol–water partition coefficient (Wildman–Crippen LogP) is 4.75. The van der Waals surface area contributed by atoms with Crippen LogP contribution in [0.25, 0.3) is 0 Å². The molecule has 3 nitrogen and oxygen atoms in total. The largest absolute Gasteiger partial charge is 0.346 e. The molecule has 25 heavy (non-hydrogen) atoms. The van der Waals surface area contributed by atoms with E-state index in [-0.39, 0.29) is 0 Å². The molecule has 2 aliphatic heterocycles. The summed E-state index contributed by atoms with van der Waals surface area (Å²) in [6.07, 6.45) is 4.46. The van der Waals surface area contributed by atoms with Gasteiger partial charge in [-0.05, 0) is 55.7 Å². The van der Waals surface area contributed by atoms with Gasteiger partial charge in [-0.1, -0.05) is 39.7 Å². The maximum atomic E-state index is 11.7. The van der Waals surface area contributed by atoms with Gasteiger partial charge in [-0.15, -0.1) is 0 Å². The van der Waals surface area contributed by atoms with E-state index in [2.05, 4.69) is 49.7 Å². The number of β-amino-alcohol motifs (C(OH)–C–C–N with tert-alkyl or cyclic N) is 1. The highest BCUT2D eigenvalue weighted by molar-refractivity contribution is 9.10. The van der Waals surface area contributed by atoms with E-state index in [9.17, 15) is 5.11 Å². The van der Waals surface area contributed by atoms with Gasteiger partial charge in [0.25, 0.3) is 11.6 Å². The quantitative estimate of drug-likeness (QED) is 0.710. The number of anilines is 1. The number of rotatable bonds is 2. The smallest absolute Gasteiger partial charge is 0.271 e. The van der Waals surface area contributed by atoms with Crippen molar-refractivity contribution >= 4 is 39.1 Å². The summed E-state index contributed by atoms with van der Waals surface area (Å²) >= 11 is 9.56. The fourth-order valence-electron chi connectivity index (χ4n) is 3.90. The van der Waals surface area contributed by atoms with E-state index in [0.29, 0.717) is 11.6 Å². The summed E-state index contributed by atoms with van der Waals surface area (Å²) in [5.41, 5.74) is 1.00. The van der Waals surface area contributed by atoms with E-state index in [4.69, 9.17) is 11.6 Å². The Bertz CT molecular complexity index is 803. The summed E-state index contributed by atoms with van der Waals surface area (Å²) in [5, 5.41) is 12.4. The molecule has 0 bridgehead atoms. The molecule has 130 valence electrons. The fraction of sp³-hybridized carbons (Fsp3) is 0.350. The molecule has 5 heteroatoms. The zero-order chi connectivity index (χ0) is 17.4. The van der Waals surface area contributed by atoms with Crippen LogP contribution >= 0.6 is 27.5 Å². The second-order valence-electron chi connectivity index (χ2n) is 6.76. The molecule has 0 saturated heterocycles. The van der Waals surface area contributed by atoms with E-state index in [1.165, 1.54) is 12.3 Å². The van der Waals surface area contributed by atoms with Crippen molar-refractivity contribution in [3.8, 4) is 0 Å². The van der Waals surface area contributed by atoms with Crippen molar-refractivity contribution in [2.75, 3.05) is 18.0 Å². The third kappa shape index (κ3) is 3.12. The van der Waals surface area contributed by atoms with Crippen molar-refractivity contribution in [3.63, 3.8) is 0 Å². The number of aliphatic hydroxyl groups is 1. The first-order chi connectivity index (χ1) is 12.1. The Morgan fingerprint density at radius 3 is 2.44 bits per heavy atom. The van der Waals surface area contributed by atoms with Crippen LogP contribution in [0, 0.1) is 0 Å². The second kappa shape index (κ2) is 6.75. The molecule has 1 unspecified atom stereocenters. The molecule has 1 atom stereocenters. The topological polar surface area (TPSA) is 26.5 Å². The normalized spacial score (nSPS) is 23.6. The molecular weight excluding hydrogens is 400 g/mol. The highest BCUT2D eigenvalue weighted by Crippen LogP contribution is 2.36. The number of amidine groups is 1. The van der Waals surface area contributed by atoms with E-state index >= 15 is 0 Å². The van der Waals surface area contributed by atoms with Crippen LogP contribution in [0.15, 0.2) is 53.0 Å². The fourth-order valence-corrected chi connectivity index (χ4v) is 4.29. The standard InChI is InChI=1S/C20H21BrClN2O/c21-16-7-11-18(12-8-16)23-14-20(25,15-5-9-17(22)10-6-15)24-13-3-1-2-4-19(23)24/h5-12,25H,1-4,13-14H2/q+1. The van der Waals surface area contributed by atoms with Gasteiger partial charge in [0.15, 0.2) is 6.54 Å². The molecular formula is C20H21BrClN2O+. The minimum absolute atomic E-state index is 0.533. The molecule has 2 heterocycles. The van der Waals surface area contributed by atoms with Crippen LogP contribution in [0.4, 0.5) is 5.69 Å². The van der Waals surface area contributed by atoms with E-state index < -0.39 is 5.72 Å². The van der Waals surface area contributed by atoms with Crippen molar-refractivity contribution in [1.29, 1.82) is 0 Å². The van der Waals surface area contributed by atoms with Crippen LogP contribution in [0.3, 0.4) is 0 Å². The summed E-state index contributed by atoms with van der Waals surface area (Å²) < 4.78 is 3.26. The number of hydrogen-bond acceptors (Lipinski definition) is 2. The Hall–Kier alpha value is -1.36. The summed E-state index contributed by atoms with van der Waals surface area (Å²) in [7, 11) is 0. The Morgan fingerprint density at radius 1 is 1.00 bits per heavy atom.